The zero-order chi connectivity index (χ0) is 13.5. The number of nitrogens with zero attached hydrogens (tertiary/aromatic N) is 1. The van der Waals surface area contributed by atoms with Crippen LogP contribution < -0.4 is 16.0 Å². The minimum Gasteiger partial charge on any atom is -0.338 e. The predicted molar refractivity (Wildman–Crippen MR) is 77.3 cm³/mol. The minimum absolute atomic E-state index is 0.00805. The van der Waals surface area contributed by atoms with Crippen molar-refractivity contribution in [2.75, 3.05) is 39.8 Å². The van der Waals surface area contributed by atoms with E-state index in [0.717, 1.165) is 32.7 Å². The first-order valence-corrected chi connectivity index (χ1v) is 7.67. The molecule has 0 aromatic rings. The molecule has 3 N–H and O–H groups in total. The normalized spacial score (nSPS) is 26.1. The molecule has 5 nitrogen and oxygen atoms in total. The van der Waals surface area contributed by atoms with Crippen molar-refractivity contribution < 1.29 is 4.79 Å². The first kappa shape index (κ1) is 14.6. The number of rotatable bonds is 4. The largest absolute Gasteiger partial charge is 0.338 e. The Morgan fingerprint density at radius 1 is 1.16 bits per heavy atom. The molecular formula is C14H28N4O. The van der Waals surface area contributed by atoms with Gasteiger partial charge in [0.15, 0.2) is 0 Å². The van der Waals surface area contributed by atoms with Gasteiger partial charge in [-0.3, -0.25) is 0 Å². The lowest BCUT2D eigenvalue weighted by molar-refractivity contribution is 0.209. The topological polar surface area (TPSA) is 56.4 Å². The van der Waals surface area contributed by atoms with Crippen LogP contribution in [0.3, 0.4) is 0 Å². The number of urea groups is 1. The summed E-state index contributed by atoms with van der Waals surface area (Å²) in [6.07, 6.45) is 6.10. The molecule has 0 aromatic heterocycles. The highest BCUT2D eigenvalue weighted by atomic mass is 16.2. The molecule has 2 rings (SSSR count). The molecule has 5 heteroatoms. The van der Waals surface area contributed by atoms with Crippen LogP contribution in [0.15, 0.2) is 0 Å². The van der Waals surface area contributed by atoms with Gasteiger partial charge in [0.1, 0.15) is 0 Å². The summed E-state index contributed by atoms with van der Waals surface area (Å²) in [4.78, 5) is 14.1. The lowest BCUT2D eigenvalue weighted by Gasteiger charge is -2.29. The number of carbonyl (C=O) groups is 1. The van der Waals surface area contributed by atoms with Crippen LogP contribution >= 0.6 is 0 Å². The van der Waals surface area contributed by atoms with Gasteiger partial charge in [-0.1, -0.05) is 6.42 Å². The summed E-state index contributed by atoms with van der Waals surface area (Å²) in [7, 11) is 2.16. The molecule has 19 heavy (non-hydrogen) atoms. The van der Waals surface area contributed by atoms with E-state index in [-0.39, 0.29) is 6.03 Å². The lowest BCUT2D eigenvalue weighted by Crippen LogP contribution is -2.47. The van der Waals surface area contributed by atoms with Crippen LogP contribution in [0.25, 0.3) is 0 Å². The number of piperidine rings is 2. The van der Waals surface area contributed by atoms with E-state index in [4.69, 9.17) is 0 Å². The molecule has 2 heterocycles. The monoisotopic (exact) mass is 268 g/mol. The Morgan fingerprint density at radius 3 is 2.58 bits per heavy atom. The number of hydrogen-bond acceptors (Lipinski definition) is 3. The van der Waals surface area contributed by atoms with Gasteiger partial charge in [-0.25, -0.2) is 4.79 Å². The van der Waals surface area contributed by atoms with Crippen molar-refractivity contribution in [1.29, 1.82) is 0 Å². The SMILES string of the molecule is CN1CCC(CNC(=O)NCC2CCCCN2)CC1. The van der Waals surface area contributed by atoms with Gasteiger partial charge in [0, 0.05) is 19.1 Å². The molecule has 2 saturated heterocycles. The summed E-state index contributed by atoms with van der Waals surface area (Å²) in [6, 6.07) is 0.453. The average molecular weight is 268 g/mol. The molecule has 1 unspecified atom stereocenters. The maximum absolute atomic E-state index is 11.7. The molecule has 0 radical (unpaired) electrons. The first-order valence-electron chi connectivity index (χ1n) is 7.67. The summed E-state index contributed by atoms with van der Waals surface area (Å²) >= 11 is 0. The Kier molecular flexibility index (Phi) is 5.92. The van der Waals surface area contributed by atoms with E-state index in [1.54, 1.807) is 0 Å². The van der Waals surface area contributed by atoms with E-state index in [1.807, 2.05) is 0 Å². The molecule has 0 aromatic carbocycles. The van der Waals surface area contributed by atoms with Crippen LogP contribution in [0, 0.1) is 5.92 Å². The molecule has 0 saturated carbocycles. The van der Waals surface area contributed by atoms with Gasteiger partial charge in [0.25, 0.3) is 0 Å². The molecule has 1 atom stereocenters. The zero-order valence-electron chi connectivity index (χ0n) is 12.1. The van der Waals surface area contributed by atoms with E-state index in [2.05, 4.69) is 27.9 Å². The quantitative estimate of drug-likeness (QED) is 0.706. The predicted octanol–water partition coefficient (Wildman–Crippen LogP) is 0.770. The maximum atomic E-state index is 11.7. The standard InChI is InChI=1S/C14H28N4O/c1-18-8-5-12(6-9-18)10-16-14(19)17-11-13-4-2-3-7-15-13/h12-13,15H,2-11H2,1H3,(H2,16,17,19). The van der Waals surface area contributed by atoms with Gasteiger partial charge < -0.3 is 20.9 Å². The molecule has 0 bridgehead atoms. The summed E-state index contributed by atoms with van der Waals surface area (Å²) in [5, 5.41) is 9.42. The Labute approximate surface area is 116 Å². The van der Waals surface area contributed by atoms with Crippen molar-refractivity contribution in [3.05, 3.63) is 0 Å². The maximum Gasteiger partial charge on any atom is 0.314 e. The van der Waals surface area contributed by atoms with Gasteiger partial charge in [0.2, 0.25) is 0 Å². The van der Waals surface area contributed by atoms with Crippen molar-refractivity contribution in [3.8, 4) is 0 Å². The third-order valence-corrected chi connectivity index (χ3v) is 4.31. The molecule has 110 valence electrons. The van der Waals surface area contributed by atoms with E-state index < -0.39 is 0 Å². The van der Waals surface area contributed by atoms with Gasteiger partial charge in [0.05, 0.1) is 0 Å². The average Bonchev–Trinajstić information content (AvgIpc) is 2.45. The van der Waals surface area contributed by atoms with Crippen LogP contribution in [0.5, 0.6) is 0 Å². The second-order valence-corrected chi connectivity index (χ2v) is 5.98. The van der Waals surface area contributed by atoms with Crippen LogP contribution in [0.1, 0.15) is 32.1 Å². The highest BCUT2D eigenvalue weighted by Gasteiger charge is 2.17. The highest BCUT2D eigenvalue weighted by molar-refractivity contribution is 5.73. The molecule has 0 aliphatic carbocycles. The number of likely N-dealkylation sites (tertiary alicyclic amines) is 1. The molecule has 2 aliphatic rings. The second kappa shape index (κ2) is 7.70. The van der Waals surface area contributed by atoms with Gasteiger partial charge in [-0.05, 0) is 58.3 Å². The van der Waals surface area contributed by atoms with Crippen LogP contribution in [0.2, 0.25) is 0 Å². The van der Waals surface area contributed by atoms with Gasteiger partial charge in [-0.2, -0.15) is 0 Å². The highest BCUT2D eigenvalue weighted by Crippen LogP contribution is 2.14. The Balaban J connectivity index is 1.54. The van der Waals surface area contributed by atoms with Crippen LogP contribution in [-0.4, -0.2) is 56.7 Å². The summed E-state index contributed by atoms with van der Waals surface area (Å²) in [6.45, 7) is 4.96. The minimum atomic E-state index is -0.00805. The molecule has 2 fully saturated rings. The lowest BCUT2D eigenvalue weighted by atomic mass is 9.97. The summed E-state index contributed by atoms with van der Waals surface area (Å²) in [5.74, 6) is 0.648. The van der Waals surface area contributed by atoms with Crippen LogP contribution in [0.4, 0.5) is 4.79 Å². The van der Waals surface area contributed by atoms with Crippen molar-refractivity contribution >= 4 is 6.03 Å². The summed E-state index contributed by atoms with van der Waals surface area (Å²) < 4.78 is 0. The first-order chi connectivity index (χ1) is 9.24. The van der Waals surface area contributed by atoms with Crippen LogP contribution in [-0.2, 0) is 0 Å². The fraction of sp³-hybridized carbons (Fsp3) is 0.929. The summed E-state index contributed by atoms with van der Waals surface area (Å²) in [5.41, 5.74) is 0. The van der Waals surface area contributed by atoms with Gasteiger partial charge in [-0.15, -0.1) is 0 Å². The fourth-order valence-electron chi connectivity index (χ4n) is 2.88. The van der Waals surface area contributed by atoms with Crippen molar-refractivity contribution in [2.45, 2.75) is 38.1 Å². The van der Waals surface area contributed by atoms with Gasteiger partial charge >= 0.3 is 6.03 Å². The third-order valence-electron chi connectivity index (χ3n) is 4.31. The van der Waals surface area contributed by atoms with E-state index in [9.17, 15) is 4.79 Å². The second-order valence-electron chi connectivity index (χ2n) is 5.98. The molecule has 2 aliphatic heterocycles. The van der Waals surface area contributed by atoms with E-state index in [1.165, 1.54) is 32.1 Å². The molecular weight excluding hydrogens is 240 g/mol. The third kappa shape index (κ3) is 5.37. The Morgan fingerprint density at radius 2 is 1.89 bits per heavy atom. The van der Waals surface area contributed by atoms with E-state index >= 15 is 0 Å². The number of hydrogen-bond donors (Lipinski definition) is 3. The molecule has 2 amide bonds. The number of carbonyl (C=O) groups excluding carboxylic acids is 1. The molecule has 0 spiro atoms. The number of nitrogens with one attached hydrogen (secondary N) is 3. The van der Waals surface area contributed by atoms with Crippen molar-refractivity contribution in [2.24, 2.45) is 5.92 Å². The smallest absolute Gasteiger partial charge is 0.314 e. The van der Waals surface area contributed by atoms with Crippen molar-refractivity contribution in [1.82, 2.24) is 20.9 Å². The number of amides is 2. The Hall–Kier alpha value is -0.810. The fourth-order valence-corrected chi connectivity index (χ4v) is 2.88. The van der Waals surface area contributed by atoms with Crippen molar-refractivity contribution in [3.63, 3.8) is 0 Å². The van der Waals surface area contributed by atoms with E-state index in [0.29, 0.717) is 12.0 Å². The Bertz CT molecular complexity index is 271. The zero-order valence-corrected chi connectivity index (χ0v) is 12.1.